The van der Waals surface area contributed by atoms with Crippen molar-refractivity contribution >= 4 is 45.8 Å². The lowest BCUT2D eigenvalue weighted by Gasteiger charge is -2.13. The second-order valence-corrected chi connectivity index (χ2v) is 8.39. The van der Waals surface area contributed by atoms with Crippen LogP contribution in [0.15, 0.2) is 24.3 Å². The van der Waals surface area contributed by atoms with Crippen molar-refractivity contribution in [2.75, 3.05) is 13.2 Å². The van der Waals surface area contributed by atoms with Crippen LogP contribution >= 0.6 is 22.7 Å². The SMILES string of the molecule is CCC/C(=C(\CCC)c1ccc(C(=O)OCC)s1)c1ccc(C(=O)OCC)s1. The van der Waals surface area contributed by atoms with E-state index in [1.54, 1.807) is 0 Å². The molecule has 4 nitrogen and oxygen atoms in total. The minimum Gasteiger partial charge on any atom is -0.462 e. The minimum atomic E-state index is -0.271. The number of esters is 2. The van der Waals surface area contributed by atoms with Crippen LogP contribution in [0.2, 0.25) is 0 Å². The zero-order valence-electron chi connectivity index (χ0n) is 17.0. The summed E-state index contributed by atoms with van der Waals surface area (Å²) in [4.78, 5) is 27.6. The highest BCUT2D eigenvalue weighted by Crippen LogP contribution is 2.39. The van der Waals surface area contributed by atoms with E-state index in [-0.39, 0.29) is 11.9 Å². The molecule has 152 valence electrons. The zero-order valence-corrected chi connectivity index (χ0v) is 18.6. The molecule has 0 saturated carbocycles. The zero-order chi connectivity index (χ0) is 20.5. The Labute approximate surface area is 175 Å². The van der Waals surface area contributed by atoms with Crippen molar-refractivity contribution in [3.63, 3.8) is 0 Å². The van der Waals surface area contributed by atoms with Gasteiger partial charge in [0, 0.05) is 9.75 Å². The van der Waals surface area contributed by atoms with Crippen LogP contribution in [-0.2, 0) is 9.47 Å². The molecule has 0 aliphatic carbocycles. The molecule has 0 radical (unpaired) electrons. The van der Waals surface area contributed by atoms with Crippen molar-refractivity contribution in [1.82, 2.24) is 0 Å². The van der Waals surface area contributed by atoms with Crippen molar-refractivity contribution in [1.29, 1.82) is 0 Å². The molecule has 6 heteroatoms. The van der Waals surface area contributed by atoms with Crippen molar-refractivity contribution in [2.24, 2.45) is 0 Å². The highest BCUT2D eigenvalue weighted by Gasteiger charge is 2.18. The molecule has 0 saturated heterocycles. The summed E-state index contributed by atoms with van der Waals surface area (Å²) < 4.78 is 10.3. The van der Waals surface area contributed by atoms with Gasteiger partial charge in [0.05, 0.1) is 13.2 Å². The molecule has 28 heavy (non-hydrogen) atoms. The molecular weight excluding hydrogens is 392 g/mol. The maximum atomic E-state index is 12.1. The Morgan fingerprint density at radius 3 is 1.36 bits per heavy atom. The van der Waals surface area contributed by atoms with Gasteiger partial charge in [0.1, 0.15) is 9.75 Å². The average molecular weight is 421 g/mol. The fourth-order valence-electron chi connectivity index (χ4n) is 2.97. The van der Waals surface area contributed by atoms with Gasteiger partial charge < -0.3 is 9.47 Å². The normalized spacial score (nSPS) is 11.9. The van der Waals surface area contributed by atoms with Crippen LogP contribution in [0, 0.1) is 0 Å². The van der Waals surface area contributed by atoms with Crippen LogP contribution in [0.5, 0.6) is 0 Å². The number of hydrogen-bond acceptors (Lipinski definition) is 6. The number of rotatable bonds is 10. The number of thiophene rings is 2. The van der Waals surface area contributed by atoms with E-state index >= 15 is 0 Å². The van der Waals surface area contributed by atoms with Gasteiger partial charge in [-0.2, -0.15) is 0 Å². The summed E-state index contributed by atoms with van der Waals surface area (Å²) in [6.07, 6.45) is 3.85. The third-order valence-corrected chi connectivity index (χ3v) is 6.37. The Hall–Kier alpha value is -1.92. The van der Waals surface area contributed by atoms with E-state index in [4.69, 9.17) is 9.47 Å². The topological polar surface area (TPSA) is 52.6 Å². The molecule has 0 N–H and O–H groups in total. The molecule has 0 atom stereocenters. The molecule has 2 heterocycles. The van der Waals surface area contributed by atoms with E-state index in [2.05, 4.69) is 13.8 Å². The Balaban J connectivity index is 2.46. The number of hydrogen-bond donors (Lipinski definition) is 0. The predicted octanol–water partition coefficient (Wildman–Crippen LogP) is 6.67. The molecule has 2 aromatic heterocycles. The molecule has 0 spiro atoms. The lowest BCUT2D eigenvalue weighted by molar-refractivity contribution is 0.0522. The van der Waals surface area contributed by atoms with E-state index in [1.165, 1.54) is 33.8 Å². The molecule has 0 amide bonds. The maximum Gasteiger partial charge on any atom is 0.348 e. The van der Waals surface area contributed by atoms with E-state index in [0.717, 1.165) is 35.4 Å². The Bertz CT molecular complexity index is 761. The van der Waals surface area contributed by atoms with Gasteiger partial charge in [0.2, 0.25) is 0 Å². The fraction of sp³-hybridized carbons (Fsp3) is 0.455. The molecule has 0 aromatic carbocycles. The molecular formula is C22H28O4S2. The second-order valence-electron chi connectivity index (χ2n) is 6.23. The van der Waals surface area contributed by atoms with Crippen LogP contribution in [0.1, 0.15) is 82.5 Å². The van der Waals surface area contributed by atoms with Crippen LogP contribution in [0.4, 0.5) is 0 Å². The number of carbonyl (C=O) groups is 2. The van der Waals surface area contributed by atoms with Gasteiger partial charge in [-0.25, -0.2) is 9.59 Å². The highest BCUT2D eigenvalue weighted by atomic mass is 32.1. The summed E-state index contributed by atoms with van der Waals surface area (Å²) in [5.41, 5.74) is 2.50. The second kappa shape index (κ2) is 11.2. The molecule has 0 fully saturated rings. The van der Waals surface area contributed by atoms with Crippen molar-refractivity contribution < 1.29 is 19.1 Å². The maximum absolute atomic E-state index is 12.1. The van der Waals surface area contributed by atoms with Crippen LogP contribution in [-0.4, -0.2) is 25.2 Å². The molecule has 0 aliphatic rings. The minimum absolute atomic E-state index is 0.271. The van der Waals surface area contributed by atoms with Crippen LogP contribution < -0.4 is 0 Å². The van der Waals surface area contributed by atoms with Crippen molar-refractivity contribution in [2.45, 2.75) is 53.4 Å². The standard InChI is InChI=1S/C22H28O4S2/c1-5-9-15(17-11-13-19(27-17)21(23)25-7-3)16(10-6-2)18-12-14-20(28-18)22(24)26-8-4/h11-14H,5-10H2,1-4H3/b16-15-. The lowest BCUT2D eigenvalue weighted by Crippen LogP contribution is -2.01. The third-order valence-electron chi connectivity index (χ3n) is 4.12. The quantitative estimate of drug-likeness (QED) is 0.403. The van der Waals surface area contributed by atoms with Gasteiger partial charge in [-0.15, -0.1) is 22.7 Å². The van der Waals surface area contributed by atoms with Gasteiger partial charge in [0.25, 0.3) is 0 Å². The van der Waals surface area contributed by atoms with E-state index in [1.807, 2.05) is 38.1 Å². The van der Waals surface area contributed by atoms with Crippen molar-refractivity contribution in [3.05, 3.63) is 43.8 Å². The first-order valence-corrected chi connectivity index (χ1v) is 11.5. The van der Waals surface area contributed by atoms with Gasteiger partial charge >= 0.3 is 11.9 Å². The van der Waals surface area contributed by atoms with Crippen LogP contribution in [0.25, 0.3) is 11.1 Å². The largest absolute Gasteiger partial charge is 0.462 e. The first-order chi connectivity index (χ1) is 13.5. The molecule has 0 aliphatic heterocycles. The third kappa shape index (κ3) is 5.55. The van der Waals surface area contributed by atoms with Gasteiger partial charge in [-0.05, 0) is 62.1 Å². The first kappa shape index (κ1) is 22.4. The number of ether oxygens (including phenoxy) is 2. The Kier molecular flexibility index (Phi) is 8.93. The fourth-order valence-corrected chi connectivity index (χ4v) is 4.97. The molecule has 0 unspecified atom stereocenters. The summed E-state index contributed by atoms with van der Waals surface area (Å²) in [5.74, 6) is -0.542. The summed E-state index contributed by atoms with van der Waals surface area (Å²) >= 11 is 2.96. The lowest BCUT2D eigenvalue weighted by atomic mass is 9.97. The van der Waals surface area contributed by atoms with E-state index < -0.39 is 0 Å². The summed E-state index contributed by atoms with van der Waals surface area (Å²) in [6, 6.07) is 7.71. The van der Waals surface area contributed by atoms with Gasteiger partial charge in [-0.1, -0.05) is 26.7 Å². The monoisotopic (exact) mass is 420 g/mol. The first-order valence-electron chi connectivity index (χ1n) is 9.82. The van der Waals surface area contributed by atoms with Crippen LogP contribution in [0.3, 0.4) is 0 Å². The summed E-state index contributed by atoms with van der Waals surface area (Å²) in [7, 11) is 0. The summed E-state index contributed by atoms with van der Waals surface area (Å²) in [6.45, 7) is 8.68. The smallest absolute Gasteiger partial charge is 0.348 e. The summed E-state index contributed by atoms with van der Waals surface area (Å²) in [5, 5.41) is 0. The average Bonchev–Trinajstić information content (AvgIpc) is 3.35. The predicted molar refractivity (Wildman–Crippen MR) is 117 cm³/mol. The van der Waals surface area contributed by atoms with Crippen molar-refractivity contribution in [3.8, 4) is 0 Å². The number of carbonyl (C=O) groups excluding carboxylic acids is 2. The van der Waals surface area contributed by atoms with Gasteiger partial charge in [0.15, 0.2) is 0 Å². The molecule has 2 rings (SSSR count). The Morgan fingerprint density at radius 1 is 0.679 bits per heavy atom. The number of allylic oxidation sites excluding steroid dienone is 2. The van der Waals surface area contributed by atoms with E-state index in [9.17, 15) is 9.59 Å². The Morgan fingerprint density at radius 2 is 1.04 bits per heavy atom. The molecule has 2 aromatic rings. The van der Waals surface area contributed by atoms with Gasteiger partial charge in [-0.3, -0.25) is 0 Å². The molecule has 0 bridgehead atoms. The highest BCUT2D eigenvalue weighted by molar-refractivity contribution is 7.16. The van der Waals surface area contributed by atoms with E-state index in [0.29, 0.717) is 23.0 Å².